The number of aromatic nitrogens is 2. The van der Waals surface area contributed by atoms with E-state index >= 15 is 0 Å². The smallest absolute Gasteiger partial charge is 0.242 e. The lowest BCUT2D eigenvalue weighted by Crippen LogP contribution is -2.26. The maximum atomic E-state index is 12.3. The van der Waals surface area contributed by atoms with Gasteiger partial charge in [0.15, 0.2) is 0 Å². The average Bonchev–Trinajstić information content (AvgIpc) is 2.96. The summed E-state index contributed by atoms with van der Waals surface area (Å²) in [6, 6.07) is 2.77. The normalized spacial score (nSPS) is 13.1. The van der Waals surface area contributed by atoms with Crippen LogP contribution in [-0.4, -0.2) is 25.4 Å². The van der Waals surface area contributed by atoms with Crippen LogP contribution in [0.4, 0.5) is 5.82 Å². The number of pyridine rings is 1. The van der Waals surface area contributed by atoms with Gasteiger partial charge < -0.3 is 5.32 Å². The van der Waals surface area contributed by atoms with Gasteiger partial charge in [-0.05, 0) is 25.5 Å². The SMILES string of the molecule is CCc1cnc(C(C)NS(=O)(=O)c2ccc(NC)nc2)s1. The Bertz CT molecular complexity index is 695. The summed E-state index contributed by atoms with van der Waals surface area (Å²) in [7, 11) is -1.88. The van der Waals surface area contributed by atoms with Gasteiger partial charge in [-0.2, -0.15) is 0 Å². The van der Waals surface area contributed by atoms with Gasteiger partial charge in [-0.25, -0.2) is 23.1 Å². The Balaban J connectivity index is 2.15. The van der Waals surface area contributed by atoms with Crippen LogP contribution in [0.1, 0.15) is 29.8 Å². The third-order valence-corrected chi connectivity index (χ3v) is 5.78. The molecule has 6 nitrogen and oxygen atoms in total. The summed E-state index contributed by atoms with van der Waals surface area (Å²) >= 11 is 1.52. The van der Waals surface area contributed by atoms with E-state index < -0.39 is 10.0 Å². The summed E-state index contributed by atoms with van der Waals surface area (Å²) in [6.45, 7) is 3.83. The molecule has 0 amide bonds. The Hall–Kier alpha value is -1.51. The van der Waals surface area contributed by atoms with E-state index in [-0.39, 0.29) is 10.9 Å². The highest BCUT2D eigenvalue weighted by molar-refractivity contribution is 7.89. The Morgan fingerprint density at radius 3 is 2.57 bits per heavy atom. The molecule has 2 N–H and O–H groups in total. The number of thiazole rings is 1. The molecule has 0 aromatic carbocycles. The van der Waals surface area contributed by atoms with Crippen molar-refractivity contribution >= 4 is 27.2 Å². The predicted molar refractivity (Wildman–Crippen MR) is 84.0 cm³/mol. The van der Waals surface area contributed by atoms with Gasteiger partial charge in [-0.15, -0.1) is 11.3 Å². The van der Waals surface area contributed by atoms with Gasteiger partial charge in [0.2, 0.25) is 10.0 Å². The number of anilines is 1. The lowest BCUT2D eigenvalue weighted by Gasteiger charge is -2.12. The maximum absolute atomic E-state index is 12.3. The molecule has 0 saturated carbocycles. The van der Waals surface area contributed by atoms with Crippen molar-refractivity contribution < 1.29 is 8.42 Å². The summed E-state index contributed by atoms with van der Waals surface area (Å²) in [6.07, 6.45) is 4.01. The van der Waals surface area contributed by atoms with Crippen LogP contribution in [0.15, 0.2) is 29.4 Å². The Kier molecular flexibility index (Phi) is 4.92. The summed E-state index contributed by atoms with van der Waals surface area (Å²) in [5, 5.41) is 3.61. The van der Waals surface area contributed by atoms with Crippen LogP contribution < -0.4 is 10.0 Å². The number of sulfonamides is 1. The maximum Gasteiger partial charge on any atom is 0.242 e. The highest BCUT2D eigenvalue weighted by Gasteiger charge is 2.20. The number of rotatable bonds is 6. The molecule has 114 valence electrons. The highest BCUT2D eigenvalue weighted by Crippen LogP contribution is 2.22. The number of nitrogens with one attached hydrogen (secondary N) is 2. The molecule has 0 aliphatic heterocycles. The van der Waals surface area contributed by atoms with Crippen LogP contribution >= 0.6 is 11.3 Å². The van der Waals surface area contributed by atoms with Gasteiger partial charge >= 0.3 is 0 Å². The fourth-order valence-corrected chi connectivity index (χ4v) is 3.81. The minimum absolute atomic E-state index is 0.139. The number of nitrogens with zero attached hydrogens (tertiary/aromatic N) is 2. The van der Waals surface area contributed by atoms with Gasteiger partial charge in [0.25, 0.3) is 0 Å². The first-order valence-corrected chi connectivity index (χ1v) is 8.87. The van der Waals surface area contributed by atoms with Crippen LogP contribution in [0.2, 0.25) is 0 Å². The quantitative estimate of drug-likeness (QED) is 0.850. The highest BCUT2D eigenvalue weighted by atomic mass is 32.2. The fourth-order valence-electron chi connectivity index (χ4n) is 1.72. The molecule has 0 saturated heterocycles. The van der Waals surface area contributed by atoms with E-state index in [1.54, 1.807) is 26.2 Å². The van der Waals surface area contributed by atoms with Crippen LogP contribution in [-0.2, 0) is 16.4 Å². The molecule has 0 fully saturated rings. The molecule has 0 radical (unpaired) electrons. The molecule has 0 spiro atoms. The van der Waals surface area contributed by atoms with Crippen molar-refractivity contribution in [3.8, 4) is 0 Å². The van der Waals surface area contributed by atoms with Gasteiger partial charge in [-0.1, -0.05) is 6.92 Å². The summed E-state index contributed by atoms with van der Waals surface area (Å²) in [5.41, 5.74) is 0. The van der Waals surface area contributed by atoms with E-state index in [0.717, 1.165) is 16.3 Å². The van der Waals surface area contributed by atoms with Gasteiger partial charge in [-0.3, -0.25) is 0 Å². The Morgan fingerprint density at radius 1 is 1.29 bits per heavy atom. The molecule has 2 aromatic rings. The lowest BCUT2D eigenvalue weighted by molar-refractivity contribution is 0.566. The molecule has 0 bridgehead atoms. The zero-order chi connectivity index (χ0) is 15.5. The van der Waals surface area contributed by atoms with Crippen molar-refractivity contribution in [2.24, 2.45) is 0 Å². The molecule has 0 aliphatic rings. The summed E-state index contributed by atoms with van der Waals surface area (Å²) in [5.74, 6) is 0.620. The second kappa shape index (κ2) is 6.50. The van der Waals surface area contributed by atoms with Crippen molar-refractivity contribution in [1.82, 2.24) is 14.7 Å². The van der Waals surface area contributed by atoms with E-state index in [9.17, 15) is 8.42 Å². The first kappa shape index (κ1) is 15.9. The van der Waals surface area contributed by atoms with Crippen molar-refractivity contribution in [3.05, 3.63) is 34.4 Å². The molecule has 2 rings (SSSR count). The molecular weight excluding hydrogens is 308 g/mol. The average molecular weight is 326 g/mol. The van der Waals surface area contributed by atoms with Crippen molar-refractivity contribution in [2.75, 3.05) is 12.4 Å². The first-order valence-electron chi connectivity index (χ1n) is 6.57. The van der Waals surface area contributed by atoms with E-state index in [4.69, 9.17) is 0 Å². The van der Waals surface area contributed by atoms with Gasteiger partial charge in [0.05, 0.1) is 6.04 Å². The zero-order valence-electron chi connectivity index (χ0n) is 12.1. The minimum Gasteiger partial charge on any atom is -0.373 e. The van der Waals surface area contributed by atoms with E-state index in [1.807, 2.05) is 6.92 Å². The number of aryl methyl sites for hydroxylation is 1. The molecule has 1 atom stereocenters. The summed E-state index contributed by atoms with van der Waals surface area (Å²) in [4.78, 5) is 9.55. The fraction of sp³-hybridized carbons (Fsp3) is 0.385. The van der Waals surface area contributed by atoms with Crippen molar-refractivity contribution in [3.63, 3.8) is 0 Å². The first-order chi connectivity index (χ1) is 9.96. The molecule has 0 aliphatic carbocycles. The largest absolute Gasteiger partial charge is 0.373 e. The molecule has 2 heterocycles. The Morgan fingerprint density at radius 2 is 2.05 bits per heavy atom. The molecule has 8 heteroatoms. The minimum atomic E-state index is -3.60. The van der Waals surface area contributed by atoms with Gasteiger partial charge in [0, 0.05) is 24.3 Å². The van der Waals surface area contributed by atoms with Gasteiger partial charge in [0.1, 0.15) is 15.7 Å². The van der Waals surface area contributed by atoms with Crippen molar-refractivity contribution in [1.29, 1.82) is 0 Å². The molecule has 1 unspecified atom stereocenters. The van der Waals surface area contributed by atoms with E-state index in [1.165, 1.54) is 23.6 Å². The standard InChI is InChI=1S/C13H18N4O2S2/c1-4-10-7-16-13(20-10)9(2)17-21(18,19)11-5-6-12(14-3)15-8-11/h5-9,17H,4H2,1-3H3,(H,14,15). The van der Waals surface area contributed by atoms with E-state index in [0.29, 0.717) is 5.82 Å². The molecular formula is C13H18N4O2S2. The third-order valence-electron chi connectivity index (χ3n) is 2.93. The second-order valence-electron chi connectivity index (χ2n) is 4.49. The lowest BCUT2D eigenvalue weighted by atomic mass is 10.4. The number of hydrogen-bond donors (Lipinski definition) is 2. The van der Waals surface area contributed by atoms with E-state index in [2.05, 4.69) is 20.0 Å². The zero-order valence-corrected chi connectivity index (χ0v) is 13.8. The van der Waals surface area contributed by atoms with Crippen LogP contribution in [0, 0.1) is 0 Å². The Labute approximate surface area is 128 Å². The van der Waals surface area contributed by atoms with Crippen LogP contribution in [0.3, 0.4) is 0 Å². The van der Waals surface area contributed by atoms with Crippen LogP contribution in [0.5, 0.6) is 0 Å². The molecule has 2 aromatic heterocycles. The third kappa shape index (κ3) is 3.78. The predicted octanol–water partition coefficient (Wildman–Crippen LogP) is 2.18. The monoisotopic (exact) mass is 326 g/mol. The molecule has 21 heavy (non-hydrogen) atoms. The topological polar surface area (TPSA) is 84.0 Å². The van der Waals surface area contributed by atoms with Crippen molar-refractivity contribution in [2.45, 2.75) is 31.2 Å². The summed E-state index contributed by atoms with van der Waals surface area (Å²) < 4.78 is 27.2. The van der Waals surface area contributed by atoms with Crippen LogP contribution in [0.25, 0.3) is 0 Å². The number of hydrogen-bond acceptors (Lipinski definition) is 6. The second-order valence-corrected chi connectivity index (χ2v) is 7.35.